The van der Waals surface area contributed by atoms with Crippen molar-refractivity contribution in [1.29, 1.82) is 0 Å². The van der Waals surface area contributed by atoms with E-state index in [1.807, 2.05) is 37.3 Å². The van der Waals surface area contributed by atoms with E-state index in [-0.39, 0.29) is 17.9 Å². The maximum Gasteiger partial charge on any atom is 0.319 e. The number of ether oxygens (including phenoxy) is 1. The van der Waals surface area contributed by atoms with Crippen molar-refractivity contribution in [2.24, 2.45) is 0 Å². The number of halogens is 1. The van der Waals surface area contributed by atoms with Crippen molar-refractivity contribution in [2.75, 3.05) is 50.1 Å². The molecular weight excluding hydrogens is 383 g/mol. The number of urea groups is 1. The number of carbonyl (C=O) groups is 1. The fourth-order valence-electron chi connectivity index (χ4n) is 3.81. The van der Waals surface area contributed by atoms with Gasteiger partial charge in [-0.05, 0) is 49.4 Å². The maximum atomic E-state index is 14.0. The molecule has 30 heavy (non-hydrogen) atoms. The quantitative estimate of drug-likeness (QED) is 0.719. The predicted octanol–water partition coefficient (Wildman–Crippen LogP) is 4.00. The molecule has 6 nitrogen and oxygen atoms in total. The van der Waals surface area contributed by atoms with Gasteiger partial charge in [0, 0.05) is 50.2 Å². The van der Waals surface area contributed by atoms with Gasteiger partial charge in [0.25, 0.3) is 0 Å². The van der Waals surface area contributed by atoms with Crippen LogP contribution in [-0.2, 0) is 11.3 Å². The Bertz CT molecular complexity index is 853. The van der Waals surface area contributed by atoms with Crippen molar-refractivity contribution in [2.45, 2.75) is 26.5 Å². The Balaban J connectivity index is 1.68. The first-order valence-electron chi connectivity index (χ1n) is 10.4. The molecule has 0 bridgehead atoms. The molecule has 1 atom stereocenters. The van der Waals surface area contributed by atoms with E-state index < -0.39 is 0 Å². The highest BCUT2D eigenvalue weighted by Gasteiger charge is 2.22. The van der Waals surface area contributed by atoms with E-state index >= 15 is 0 Å². The monoisotopic (exact) mass is 414 g/mol. The van der Waals surface area contributed by atoms with Crippen molar-refractivity contribution in [3.8, 4) is 0 Å². The highest BCUT2D eigenvalue weighted by molar-refractivity contribution is 5.89. The molecular formula is C23H31FN4O2. The zero-order chi connectivity index (χ0) is 21.5. The molecule has 1 unspecified atom stereocenters. The molecule has 0 spiro atoms. The Morgan fingerprint density at radius 1 is 1.17 bits per heavy atom. The molecule has 2 N–H and O–H groups in total. The van der Waals surface area contributed by atoms with Crippen molar-refractivity contribution in [1.82, 2.24) is 10.2 Å². The lowest BCUT2D eigenvalue weighted by Gasteiger charge is -2.37. The normalized spacial score (nSPS) is 15.7. The number of anilines is 2. The second-order valence-corrected chi connectivity index (χ2v) is 7.58. The molecule has 1 aliphatic heterocycles. The van der Waals surface area contributed by atoms with Gasteiger partial charge in [-0.1, -0.05) is 19.1 Å². The average Bonchev–Trinajstić information content (AvgIpc) is 2.74. The van der Waals surface area contributed by atoms with Crippen molar-refractivity contribution < 1.29 is 13.9 Å². The first-order chi connectivity index (χ1) is 14.5. The molecule has 2 aromatic rings. The maximum absolute atomic E-state index is 14.0. The summed E-state index contributed by atoms with van der Waals surface area (Å²) in [5.74, 6) is -0.303. The molecule has 2 amide bonds. The minimum atomic E-state index is -0.345. The van der Waals surface area contributed by atoms with Crippen LogP contribution in [0.25, 0.3) is 0 Å². The number of methoxy groups -OCH3 is 1. The number of hydrogen-bond acceptors (Lipinski definition) is 4. The van der Waals surface area contributed by atoms with Gasteiger partial charge in [-0.3, -0.25) is 0 Å². The SMILES string of the molecule is CCN1CCN(c2ccc(F)cc2C(C)NC(=O)Nc2cccc(COC)c2)CC1. The third kappa shape index (κ3) is 5.70. The molecule has 0 saturated carbocycles. The number of amides is 2. The van der Waals surface area contributed by atoms with E-state index in [0.29, 0.717) is 12.3 Å². The van der Waals surface area contributed by atoms with E-state index in [1.165, 1.54) is 12.1 Å². The van der Waals surface area contributed by atoms with Crippen molar-refractivity contribution in [3.05, 3.63) is 59.4 Å². The summed E-state index contributed by atoms with van der Waals surface area (Å²) in [5.41, 5.74) is 3.41. The van der Waals surface area contributed by atoms with Crippen LogP contribution < -0.4 is 15.5 Å². The standard InChI is InChI=1S/C23H31FN4O2/c1-4-27-10-12-28(13-11-27)22-9-8-19(24)15-21(22)17(2)25-23(29)26-20-7-5-6-18(14-20)16-30-3/h5-9,14-15,17H,4,10-13,16H2,1-3H3,(H2,25,26,29). The fraction of sp³-hybridized carbons (Fsp3) is 0.435. The molecule has 1 heterocycles. The summed E-state index contributed by atoms with van der Waals surface area (Å²) in [6.07, 6.45) is 0. The van der Waals surface area contributed by atoms with Crippen LogP contribution in [0.15, 0.2) is 42.5 Å². The second-order valence-electron chi connectivity index (χ2n) is 7.58. The number of nitrogens with one attached hydrogen (secondary N) is 2. The summed E-state index contributed by atoms with van der Waals surface area (Å²) < 4.78 is 19.2. The fourth-order valence-corrected chi connectivity index (χ4v) is 3.81. The lowest BCUT2D eigenvalue weighted by molar-refractivity contribution is 0.185. The second kappa shape index (κ2) is 10.4. The molecule has 2 aromatic carbocycles. The highest BCUT2D eigenvalue weighted by Crippen LogP contribution is 2.28. The summed E-state index contributed by atoms with van der Waals surface area (Å²) >= 11 is 0. The Hall–Kier alpha value is -2.64. The Labute approximate surface area is 178 Å². The third-order valence-corrected chi connectivity index (χ3v) is 5.46. The van der Waals surface area contributed by atoms with Crippen molar-refractivity contribution in [3.63, 3.8) is 0 Å². The van der Waals surface area contributed by atoms with Gasteiger partial charge >= 0.3 is 6.03 Å². The van der Waals surface area contributed by atoms with Crippen LogP contribution >= 0.6 is 0 Å². The first kappa shape index (κ1) is 22.1. The van der Waals surface area contributed by atoms with Crippen LogP contribution in [0.4, 0.5) is 20.6 Å². The lowest BCUT2D eigenvalue weighted by Crippen LogP contribution is -2.46. The van der Waals surface area contributed by atoms with Gasteiger partial charge in [0.1, 0.15) is 5.82 Å². The molecule has 1 fully saturated rings. The molecule has 0 radical (unpaired) electrons. The van der Waals surface area contributed by atoms with Crippen LogP contribution in [0.1, 0.15) is 31.0 Å². The molecule has 1 aliphatic rings. The van der Waals surface area contributed by atoms with Gasteiger partial charge in [-0.2, -0.15) is 0 Å². The lowest BCUT2D eigenvalue weighted by atomic mass is 10.0. The van der Waals surface area contributed by atoms with Gasteiger partial charge in [-0.25, -0.2) is 9.18 Å². The van der Waals surface area contributed by atoms with E-state index in [9.17, 15) is 9.18 Å². The van der Waals surface area contributed by atoms with Gasteiger partial charge in [0.15, 0.2) is 0 Å². The summed E-state index contributed by atoms with van der Waals surface area (Å²) in [7, 11) is 1.63. The van der Waals surface area contributed by atoms with Gasteiger partial charge in [-0.15, -0.1) is 0 Å². The number of benzene rings is 2. The zero-order valence-electron chi connectivity index (χ0n) is 18.0. The van der Waals surface area contributed by atoms with Crippen LogP contribution in [0, 0.1) is 5.82 Å². The first-order valence-corrected chi connectivity index (χ1v) is 10.4. The van der Waals surface area contributed by atoms with Crippen LogP contribution in [-0.4, -0.2) is 50.8 Å². The number of piperazine rings is 1. The smallest absolute Gasteiger partial charge is 0.319 e. The van der Waals surface area contributed by atoms with Gasteiger partial charge in [0.05, 0.1) is 12.6 Å². The minimum Gasteiger partial charge on any atom is -0.380 e. The highest BCUT2D eigenvalue weighted by atomic mass is 19.1. The number of likely N-dealkylation sites (N-methyl/N-ethyl adjacent to an activating group) is 1. The van der Waals surface area contributed by atoms with E-state index in [2.05, 4.69) is 27.4 Å². The van der Waals surface area contributed by atoms with E-state index in [4.69, 9.17) is 4.74 Å². The summed E-state index contributed by atoms with van der Waals surface area (Å²) in [6.45, 7) is 9.28. The average molecular weight is 415 g/mol. The topological polar surface area (TPSA) is 56.8 Å². The Morgan fingerprint density at radius 3 is 2.63 bits per heavy atom. The number of carbonyl (C=O) groups excluding carboxylic acids is 1. The minimum absolute atomic E-state index is 0.303. The van der Waals surface area contributed by atoms with Crippen molar-refractivity contribution >= 4 is 17.4 Å². The van der Waals surface area contributed by atoms with E-state index in [0.717, 1.165) is 49.5 Å². The molecule has 0 aromatic heterocycles. The van der Waals surface area contributed by atoms with Gasteiger partial charge in [0.2, 0.25) is 0 Å². The van der Waals surface area contributed by atoms with Crippen LogP contribution in [0.5, 0.6) is 0 Å². The molecule has 3 rings (SSSR count). The predicted molar refractivity (Wildman–Crippen MR) is 118 cm³/mol. The molecule has 162 valence electrons. The summed E-state index contributed by atoms with van der Waals surface area (Å²) in [5, 5.41) is 5.79. The third-order valence-electron chi connectivity index (χ3n) is 5.46. The summed E-state index contributed by atoms with van der Waals surface area (Å²) in [4.78, 5) is 17.2. The molecule has 0 aliphatic carbocycles. The van der Waals surface area contributed by atoms with E-state index in [1.54, 1.807) is 7.11 Å². The number of nitrogens with zero attached hydrogens (tertiary/aromatic N) is 2. The zero-order valence-corrected chi connectivity index (χ0v) is 18.0. The molecule has 7 heteroatoms. The Kier molecular flexibility index (Phi) is 7.65. The van der Waals surface area contributed by atoms with Gasteiger partial charge < -0.3 is 25.2 Å². The van der Waals surface area contributed by atoms with Crippen LogP contribution in [0.3, 0.4) is 0 Å². The summed E-state index contributed by atoms with van der Waals surface area (Å²) in [6, 6.07) is 11.6. The largest absolute Gasteiger partial charge is 0.380 e. The Morgan fingerprint density at radius 2 is 1.93 bits per heavy atom. The number of hydrogen-bond donors (Lipinski definition) is 2. The number of rotatable bonds is 7. The van der Waals surface area contributed by atoms with Crippen LogP contribution in [0.2, 0.25) is 0 Å². The molecule has 1 saturated heterocycles.